The van der Waals surface area contributed by atoms with E-state index in [1.54, 1.807) is 0 Å². The molecule has 0 aromatic rings. The van der Waals surface area contributed by atoms with Crippen LogP contribution in [0.15, 0.2) is 11.6 Å². The maximum atomic E-state index is 11.2. The summed E-state index contributed by atoms with van der Waals surface area (Å²) in [5.41, 5.74) is 6.85. The quantitative estimate of drug-likeness (QED) is 0.213. The highest BCUT2D eigenvalue weighted by molar-refractivity contribution is 6.90. The monoisotopic (exact) mass is 334 g/mol. The van der Waals surface area contributed by atoms with Crippen LogP contribution in [-0.4, -0.2) is 14.4 Å². The molecule has 0 N–H and O–H groups in total. The van der Waals surface area contributed by atoms with Gasteiger partial charge < -0.3 is 4.79 Å². The Morgan fingerprint density at radius 3 is 1.87 bits per heavy atom. The summed E-state index contributed by atoms with van der Waals surface area (Å²) >= 11 is 0. The fourth-order valence-corrected chi connectivity index (χ4v) is 9.16. The van der Waals surface area contributed by atoms with Crippen LogP contribution in [0.2, 0.25) is 16.6 Å². The number of carbonyl (C=O) groups excluding carboxylic acids is 1. The molecule has 0 radical (unpaired) electrons. The van der Waals surface area contributed by atoms with Crippen molar-refractivity contribution in [2.45, 2.75) is 98.2 Å². The largest absolute Gasteiger partial charge is 0.303 e. The lowest BCUT2D eigenvalue weighted by atomic mass is 9.83. The van der Waals surface area contributed by atoms with E-state index in [0.717, 1.165) is 19.1 Å². The highest BCUT2D eigenvalue weighted by Gasteiger charge is 2.42. The fourth-order valence-electron chi connectivity index (χ4n) is 3.77. The van der Waals surface area contributed by atoms with Gasteiger partial charge >= 0.3 is 0 Å². The maximum absolute atomic E-state index is 11.2. The molecular weight excluding hydrogens is 296 g/mol. The third-order valence-corrected chi connectivity index (χ3v) is 11.5. The van der Waals surface area contributed by atoms with Crippen LogP contribution in [0.5, 0.6) is 0 Å². The average Bonchev–Trinajstić information content (AvgIpc) is 2.37. The molecule has 2 heteroatoms. The standard InChI is InChI=1S/C21H38OSi/c1-17(2)11-10-12-21(9,13-15-22)14-16-23(18(3)4,19(5)6)20(7)8/h11,15,18-20H,10,12-13H2,1-9H3/t21-/m1/s1. The molecular formula is C21H38OSi. The second-order valence-corrected chi connectivity index (χ2v) is 14.0. The summed E-state index contributed by atoms with van der Waals surface area (Å²) in [7, 11) is -1.72. The number of rotatable bonds is 8. The Morgan fingerprint density at radius 1 is 1.04 bits per heavy atom. The van der Waals surface area contributed by atoms with E-state index in [1.807, 2.05) is 0 Å². The van der Waals surface area contributed by atoms with Gasteiger partial charge in [0.15, 0.2) is 0 Å². The molecule has 0 aliphatic rings. The summed E-state index contributed by atoms with van der Waals surface area (Å²) in [5.74, 6) is 3.61. The minimum absolute atomic E-state index is 0.190. The van der Waals surface area contributed by atoms with E-state index in [4.69, 9.17) is 0 Å². The van der Waals surface area contributed by atoms with Crippen LogP contribution in [0.25, 0.3) is 0 Å². The number of allylic oxidation sites excluding steroid dienone is 2. The number of hydrogen-bond acceptors (Lipinski definition) is 1. The predicted octanol–water partition coefficient (Wildman–Crippen LogP) is 6.55. The smallest absolute Gasteiger partial charge is 0.145 e. The molecule has 0 fully saturated rings. The van der Waals surface area contributed by atoms with Crippen molar-refractivity contribution in [3.63, 3.8) is 0 Å². The van der Waals surface area contributed by atoms with Gasteiger partial charge in [-0.3, -0.25) is 0 Å². The van der Waals surface area contributed by atoms with Crippen LogP contribution >= 0.6 is 0 Å². The third kappa shape index (κ3) is 6.30. The maximum Gasteiger partial charge on any atom is 0.145 e. The van der Waals surface area contributed by atoms with Crippen molar-refractivity contribution in [1.29, 1.82) is 0 Å². The zero-order valence-electron chi connectivity index (χ0n) is 16.9. The van der Waals surface area contributed by atoms with E-state index in [1.165, 1.54) is 5.57 Å². The normalized spacial score (nSPS) is 14.4. The number of aldehydes is 1. The van der Waals surface area contributed by atoms with Gasteiger partial charge in [-0.2, -0.15) is 0 Å². The van der Waals surface area contributed by atoms with Crippen molar-refractivity contribution in [2.75, 3.05) is 0 Å². The van der Waals surface area contributed by atoms with Crippen molar-refractivity contribution in [2.24, 2.45) is 5.41 Å². The Bertz CT molecular complexity index is 436. The first-order valence-electron chi connectivity index (χ1n) is 9.13. The molecule has 0 saturated heterocycles. The molecule has 0 heterocycles. The second-order valence-electron chi connectivity index (χ2n) is 8.40. The Morgan fingerprint density at radius 2 is 1.52 bits per heavy atom. The Kier molecular flexibility index (Phi) is 9.14. The molecule has 0 aliphatic heterocycles. The summed E-state index contributed by atoms with van der Waals surface area (Å²) in [6.07, 6.45) is 5.79. The summed E-state index contributed by atoms with van der Waals surface area (Å²) in [6, 6.07) is 0. The van der Waals surface area contributed by atoms with Crippen molar-refractivity contribution in [3.8, 4) is 11.5 Å². The van der Waals surface area contributed by atoms with Gasteiger partial charge in [0, 0.05) is 11.8 Å². The molecule has 132 valence electrons. The van der Waals surface area contributed by atoms with Gasteiger partial charge in [-0.05, 0) is 50.2 Å². The predicted molar refractivity (Wildman–Crippen MR) is 106 cm³/mol. The van der Waals surface area contributed by atoms with Gasteiger partial charge in [0.1, 0.15) is 14.4 Å². The lowest BCUT2D eigenvalue weighted by Crippen LogP contribution is -2.43. The molecule has 0 unspecified atom stereocenters. The zero-order valence-corrected chi connectivity index (χ0v) is 17.9. The van der Waals surface area contributed by atoms with E-state index in [-0.39, 0.29) is 5.41 Å². The molecule has 0 amide bonds. The van der Waals surface area contributed by atoms with Crippen LogP contribution < -0.4 is 0 Å². The fraction of sp³-hybridized carbons (Fsp3) is 0.762. The molecule has 0 rings (SSSR count). The summed E-state index contributed by atoms with van der Waals surface area (Å²) in [6.45, 7) is 20.4. The van der Waals surface area contributed by atoms with Gasteiger partial charge in [-0.1, -0.05) is 53.2 Å². The topological polar surface area (TPSA) is 17.1 Å². The Hall–Kier alpha value is -0.813. The minimum atomic E-state index is -1.72. The van der Waals surface area contributed by atoms with Crippen LogP contribution in [0, 0.1) is 16.9 Å². The van der Waals surface area contributed by atoms with E-state index in [9.17, 15) is 4.79 Å². The van der Waals surface area contributed by atoms with Crippen LogP contribution in [0.4, 0.5) is 0 Å². The van der Waals surface area contributed by atoms with Crippen LogP contribution in [0.1, 0.15) is 81.6 Å². The van der Waals surface area contributed by atoms with Crippen molar-refractivity contribution in [1.82, 2.24) is 0 Å². The third-order valence-electron chi connectivity index (χ3n) is 5.23. The van der Waals surface area contributed by atoms with Gasteiger partial charge in [0.2, 0.25) is 0 Å². The molecule has 0 aromatic heterocycles. The van der Waals surface area contributed by atoms with Gasteiger partial charge in [0.05, 0.1) is 0 Å². The number of hydrogen-bond donors (Lipinski definition) is 0. The first kappa shape index (κ1) is 22.2. The molecule has 1 nitrogen and oxygen atoms in total. The van der Waals surface area contributed by atoms with Crippen molar-refractivity contribution >= 4 is 14.4 Å². The summed E-state index contributed by atoms with van der Waals surface area (Å²) in [4.78, 5) is 11.2. The van der Waals surface area contributed by atoms with E-state index >= 15 is 0 Å². The zero-order chi connectivity index (χ0) is 18.3. The molecule has 0 bridgehead atoms. The Labute approximate surface area is 146 Å². The Balaban J connectivity index is 5.66. The van der Waals surface area contributed by atoms with Crippen LogP contribution in [0.3, 0.4) is 0 Å². The van der Waals surface area contributed by atoms with Crippen molar-refractivity contribution in [3.05, 3.63) is 11.6 Å². The van der Waals surface area contributed by atoms with Gasteiger partial charge in [-0.25, -0.2) is 0 Å². The molecule has 0 aromatic carbocycles. The minimum Gasteiger partial charge on any atom is -0.303 e. The molecule has 23 heavy (non-hydrogen) atoms. The summed E-state index contributed by atoms with van der Waals surface area (Å²) in [5, 5.41) is 0. The SMILES string of the molecule is CC(C)=CCC[C@@](C)(C#C[Si](C(C)C)(C(C)C)C(C)C)CC=O. The average molecular weight is 335 g/mol. The second kappa shape index (κ2) is 9.47. The molecule has 1 atom stereocenters. The lowest BCUT2D eigenvalue weighted by molar-refractivity contribution is -0.109. The van der Waals surface area contributed by atoms with Gasteiger partial charge in [-0.15, -0.1) is 11.5 Å². The highest BCUT2D eigenvalue weighted by atomic mass is 28.3. The van der Waals surface area contributed by atoms with Gasteiger partial charge in [0.25, 0.3) is 0 Å². The lowest BCUT2D eigenvalue weighted by Gasteiger charge is -2.38. The molecule has 0 spiro atoms. The molecule has 0 aliphatic carbocycles. The summed E-state index contributed by atoms with van der Waals surface area (Å²) < 4.78 is 0. The van der Waals surface area contributed by atoms with Crippen LogP contribution in [-0.2, 0) is 4.79 Å². The number of carbonyl (C=O) groups is 1. The first-order valence-corrected chi connectivity index (χ1v) is 11.4. The first-order chi connectivity index (χ1) is 10.5. The van der Waals surface area contributed by atoms with E-state index < -0.39 is 8.07 Å². The van der Waals surface area contributed by atoms with Crippen molar-refractivity contribution < 1.29 is 4.79 Å². The highest BCUT2D eigenvalue weighted by Crippen LogP contribution is 2.41. The molecule has 0 saturated carbocycles. The van der Waals surface area contributed by atoms with E-state index in [0.29, 0.717) is 23.0 Å². The van der Waals surface area contributed by atoms with E-state index in [2.05, 4.69) is 79.9 Å².